The van der Waals surface area contributed by atoms with Crippen molar-refractivity contribution < 1.29 is 18.7 Å². The second-order valence-electron chi connectivity index (χ2n) is 8.08. The van der Waals surface area contributed by atoms with Crippen LogP contribution in [0.15, 0.2) is 40.8 Å². The minimum absolute atomic E-state index is 0.0734. The number of carbonyl (C=O) groups is 1. The summed E-state index contributed by atoms with van der Waals surface area (Å²) >= 11 is 0. The van der Waals surface area contributed by atoms with Gasteiger partial charge in [0.2, 0.25) is 0 Å². The number of hydrogen-bond acceptors (Lipinski definition) is 5. The summed E-state index contributed by atoms with van der Waals surface area (Å²) < 4.78 is 17.6. The molecule has 6 nitrogen and oxygen atoms in total. The number of benzene rings is 1. The van der Waals surface area contributed by atoms with Crippen LogP contribution in [0.4, 0.5) is 0 Å². The Labute approximate surface area is 177 Å². The Balaban J connectivity index is 1.24. The molecule has 1 aliphatic carbocycles. The monoisotopic (exact) mass is 408 g/mol. The van der Waals surface area contributed by atoms with Gasteiger partial charge in [-0.25, -0.2) is 0 Å². The predicted molar refractivity (Wildman–Crippen MR) is 111 cm³/mol. The highest BCUT2D eigenvalue weighted by molar-refractivity contribution is 5.91. The molecule has 30 heavy (non-hydrogen) atoms. The number of hydrogen-bond donors (Lipinski definition) is 0. The Hall–Kier alpha value is -2.78. The normalized spacial score (nSPS) is 18.2. The standard InChI is InChI=1S/C24H28N2O4/c25-16-18-6-8-19(9-7-18)28-17-22-10-11-23(30-22)24(27)26-14-12-21(13-15-26)29-20-4-2-1-3-5-20/h6-11,20-21H,1-5,12-15,17H2. The quantitative estimate of drug-likeness (QED) is 0.693. The maximum atomic E-state index is 12.8. The van der Waals surface area contributed by atoms with Gasteiger partial charge in [-0.3, -0.25) is 4.79 Å². The van der Waals surface area contributed by atoms with E-state index in [9.17, 15) is 4.79 Å². The Morgan fingerprint density at radius 3 is 2.40 bits per heavy atom. The summed E-state index contributed by atoms with van der Waals surface area (Å²) in [4.78, 5) is 14.6. The van der Waals surface area contributed by atoms with Gasteiger partial charge in [0.1, 0.15) is 18.1 Å². The molecule has 0 unspecified atom stereocenters. The SMILES string of the molecule is N#Cc1ccc(OCc2ccc(C(=O)N3CCC(OC4CCCCC4)CC3)o2)cc1. The van der Waals surface area contributed by atoms with Gasteiger partial charge in [0.15, 0.2) is 5.76 Å². The van der Waals surface area contributed by atoms with Crippen LogP contribution in [0, 0.1) is 11.3 Å². The number of carbonyl (C=O) groups excluding carboxylic acids is 1. The Morgan fingerprint density at radius 2 is 1.70 bits per heavy atom. The lowest BCUT2D eigenvalue weighted by Crippen LogP contribution is -2.41. The van der Waals surface area contributed by atoms with Crippen molar-refractivity contribution in [1.82, 2.24) is 4.90 Å². The van der Waals surface area contributed by atoms with Crippen molar-refractivity contribution in [3.05, 3.63) is 53.5 Å². The molecule has 2 fully saturated rings. The Bertz CT molecular complexity index is 869. The fourth-order valence-corrected chi connectivity index (χ4v) is 4.17. The van der Waals surface area contributed by atoms with Crippen molar-refractivity contribution in [1.29, 1.82) is 5.26 Å². The zero-order valence-electron chi connectivity index (χ0n) is 17.2. The molecule has 1 amide bonds. The predicted octanol–water partition coefficient (Wildman–Crippen LogP) is 4.68. The summed E-state index contributed by atoms with van der Waals surface area (Å²) in [6.45, 7) is 1.64. The number of ether oxygens (including phenoxy) is 2. The van der Waals surface area contributed by atoms with Gasteiger partial charge in [-0.15, -0.1) is 0 Å². The van der Waals surface area contributed by atoms with E-state index in [0.29, 0.717) is 42.0 Å². The van der Waals surface area contributed by atoms with Crippen LogP contribution in [0.3, 0.4) is 0 Å². The molecule has 1 aromatic heterocycles. The van der Waals surface area contributed by atoms with Crippen molar-refractivity contribution in [3.8, 4) is 11.8 Å². The molecule has 1 saturated heterocycles. The molecule has 158 valence electrons. The maximum absolute atomic E-state index is 12.8. The van der Waals surface area contributed by atoms with E-state index in [1.165, 1.54) is 32.1 Å². The molecule has 0 N–H and O–H groups in total. The zero-order chi connectivity index (χ0) is 20.8. The molecule has 2 aromatic rings. The topological polar surface area (TPSA) is 75.7 Å². The summed E-state index contributed by atoms with van der Waals surface area (Å²) in [6, 6.07) is 12.5. The molecule has 0 radical (unpaired) electrons. The van der Waals surface area contributed by atoms with Gasteiger partial charge in [0.25, 0.3) is 5.91 Å². The average Bonchev–Trinajstić information content (AvgIpc) is 3.28. The van der Waals surface area contributed by atoms with Gasteiger partial charge < -0.3 is 18.8 Å². The van der Waals surface area contributed by atoms with Gasteiger partial charge in [-0.05, 0) is 62.1 Å². The number of nitrogens with zero attached hydrogens (tertiary/aromatic N) is 2. The second-order valence-corrected chi connectivity index (χ2v) is 8.08. The Morgan fingerprint density at radius 1 is 1.00 bits per heavy atom. The number of piperidine rings is 1. The lowest BCUT2D eigenvalue weighted by atomic mass is 9.97. The van der Waals surface area contributed by atoms with Gasteiger partial charge >= 0.3 is 0 Å². The van der Waals surface area contributed by atoms with E-state index < -0.39 is 0 Å². The van der Waals surface area contributed by atoms with E-state index in [1.54, 1.807) is 36.4 Å². The number of nitriles is 1. The summed E-state index contributed by atoms with van der Waals surface area (Å²) in [7, 11) is 0. The minimum Gasteiger partial charge on any atom is -0.486 e. The van der Waals surface area contributed by atoms with E-state index in [1.807, 2.05) is 4.90 Å². The molecule has 2 heterocycles. The molecule has 0 bridgehead atoms. The molecule has 6 heteroatoms. The van der Waals surface area contributed by atoms with Crippen LogP contribution in [-0.2, 0) is 11.3 Å². The number of amides is 1. The van der Waals surface area contributed by atoms with Crippen LogP contribution in [0.5, 0.6) is 5.75 Å². The van der Waals surface area contributed by atoms with Gasteiger partial charge in [-0.1, -0.05) is 19.3 Å². The van der Waals surface area contributed by atoms with Crippen LogP contribution in [0.1, 0.15) is 66.8 Å². The molecule has 1 aliphatic heterocycles. The van der Waals surface area contributed by atoms with Crippen LogP contribution >= 0.6 is 0 Å². The third-order valence-corrected chi connectivity index (χ3v) is 5.90. The molecule has 2 aliphatic rings. The van der Waals surface area contributed by atoms with E-state index in [2.05, 4.69) is 6.07 Å². The molecular formula is C24H28N2O4. The smallest absolute Gasteiger partial charge is 0.289 e. The fraction of sp³-hybridized carbons (Fsp3) is 0.500. The largest absolute Gasteiger partial charge is 0.486 e. The van der Waals surface area contributed by atoms with Crippen LogP contribution in [0.25, 0.3) is 0 Å². The Kier molecular flexibility index (Phi) is 6.70. The van der Waals surface area contributed by atoms with E-state index in [0.717, 1.165) is 12.8 Å². The van der Waals surface area contributed by atoms with Crippen LogP contribution in [0.2, 0.25) is 0 Å². The molecule has 0 spiro atoms. The first-order valence-electron chi connectivity index (χ1n) is 10.9. The van der Waals surface area contributed by atoms with E-state index in [-0.39, 0.29) is 18.6 Å². The first-order chi connectivity index (χ1) is 14.7. The third-order valence-electron chi connectivity index (χ3n) is 5.90. The summed E-state index contributed by atoms with van der Waals surface area (Å²) in [5.41, 5.74) is 0.584. The van der Waals surface area contributed by atoms with Crippen molar-refractivity contribution in [2.24, 2.45) is 0 Å². The fourth-order valence-electron chi connectivity index (χ4n) is 4.17. The lowest BCUT2D eigenvalue weighted by molar-refractivity contribution is -0.0529. The highest BCUT2D eigenvalue weighted by Gasteiger charge is 2.28. The molecule has 4 rings (SSSR count). The lowest BCUT2D eigenvalue weighted by Gasteiger charge is -2.34. The van der Waals surface area contributed by atoms with Gasteiger partial charge in [-0.2, -0.15) is 5.26 Å². The number of likely N-dealkylation sites (tertiary alicyclic amines) is 1. The highest BCUT2D eigenvalue weighted by atomic mass is 16.5. The molecule has 1 aromatic carbocycles. The molecular weight excluding hydrogens is 380 g/mol. The number of rotatable bonds is 6. The second kappa shape index (κ2) is 9.82. The van der Waals surface area contributed by atoms with E-state index in [4.69, 9.17) is 19.2 Å². The summed E-state index contributed by atoms with van der Waals surface area (Å²) in [5.74, 6) is 1.52. The van der Waals surface area contributed by atoms with Crippen molar-refractivity contribution in [2.45, 2.75) is 63.8 Å². The zero-order valence-corrected chi connectivity index (χ0v) is 17.2. The molecule has 0 atom stereocenters. The number of furan rings is 1. The van der Waals surface area contributed by atoms with Crippen molar-refractivity contribution in [2.75, 3.05) is 13.1 Å². The average molecular weight is 408 g/mol. The maximum Gasteiger partial charge on any atom is 0.289 e. The minimum atomic E-state index is -0.0734. The third kappa shape index (κ3) is 5.22. The van der Waals surface area contributed by atoms with Crippen LogP contribution in [-0.4, -0.2) is 36.1 Å². The highest BCUT2D eigenvalue weighted by Crippen LogP contribution is 2.25. The summed E-state index contributed by atoms with van der Waals surface area (Å²) in [5, 5.41) is 8.84. The van der Waals surface area contributed by atoms with Gasteiger partial charge in [0.05, 0.1) is 23.8 Å². The van der Waals surface area contributed by atoms with E-state index >= 15 is 0 Å². The first kappa shape index (κ1) is 20.5. The van der Waals surface area contributed by atoms with Crippen molar-refractivity contribution in [3.63, 3.8) is 0 Å². The van der Waals surface area contributed by atoms with Crippen molar-refractivity contribution >= 4 is 5.91 Å². The molecule has 1 saturated carbocycles. The summed E-state index contributed by atoms with van der Waals surface area (Å²) in [6.07, 6.45) is 8.69. The van der Waals surface area contributed by atoms with Gasteiger partial charge in [0, 0.05) is 13.1 Å². The first-order valence-corrected chi connectivity index (χ1v) is 10.9. The van der Waals surface area contributed by atoms with Crippen LogP contribution < -0.4 is 4.74 Å².